The summed E-state index contributed by atoms with van der Waals surface area (Å²) >= 11 is 0. The number of amides is 6. The van der Waals surface area contributed by atoms with E-state index >= 15 is 0 Å². The lowest BCUT2D eigenvalue weighted by atomic mass is 10.0. The SMILES string of the molecule is COP(=O)(O)OC(C)C(NC(=O)C(CO)NC(=O)C(Cc1cnc[nH]1)NC(=O)C(CC(C)C)NC(=O)C1CCCN1C(C)=O)C(N)=O. The van der Waals surface area contributed by atoms with Gasteiger partial charge in [-0.05, 0) is 32.1 Å². The maximum absolute atomic E-state index is 13.6. The van der Waals surface area contributed by atoms with Gasteiger partial charge in [0, 0.05) is 38.9 Å². The van der Waals surface area contributed by atoms with Crippen molar-refractivity contribution in [2.45, 2.75) is 89.7 Å². The number of nitrogens with one attached hydrogen (secondary N) is 5. The largest absolute Gasteiger partial charge is 0.472 e. The number of likely N-dealkylation sites (tertiary alicyclic amines) is 1. The minimum Gasteiger partial charge on any atom is -0.394 e. The molecule has 1 aliphatic rings. The third-order valence-corrected chi connectivity index (χ3v) is 8.39. The van der Waals surface area contributed by atoms with Gasteiger partial charge in [0.05, 0.1) is 19.0 Å². The van der Waals surface area contributed by atoms with Crippen LogP contribution < -0.4 is 27.0 Å². The lowest BCUT2D eigenvalue weighted by molar-refractivity contribution is -0.139. The van der Waals surface area contributed by atoms with Crippen LogP contribution in [0.25, 0.3) is 0 Å². The molecule has 9 N–H and O–H groups in total. The van der Waals surface area contributed by atoms with Crippen molar-refractivity contribution in [2.24, 2.45) is 11.7 Å². The van der Waals surface area contributed by atoms with Crippen molar-refractivity contribution in [1.82, 2.24) is 36.1 Å². The van der Waals surface area contributed by atoms with Crippen LogP contribution in [-0.4, -0.2) is 117 Å². The number of hydrogen-bond donors (Lipinski definition) is 8. The van der Waals surface area contributed by atoms with E-state index in [9.17, 15) is 43.3 Å². The molecule has 0 bridgehead atoms. The molecule has 0 radical (unpaired) electrons. The standard InChI is InChI=1S/C27H45N8O11P/c1-14(2)9-18(32-27(42)21-7-6-8-35(21)16(4)37)24(39)31-19(10-17-11-29-13-30-17)25(40)33-20(12-36)26(41)34-22(23(28)38)15(3)46-47(43,44)45-5/h11,13-15,18-22,36H,6-10,12H2,1-5H3,(H2,28,38)(H,29,30)(H,31,39)(H,32,42)(H,33,40)(H,34,41)(H,43,44). The summed E-state index contributed by atoms with van der Waals surface area (Å²) in [6.45, 7) is 5.66. The predicted molar refractivity (Wildman–Crippen MR) is 164 cm³/mol. The quantitative estimate of drug-likeness (QED) is 0.0748. The number of aliphatic hydroxyl groups is 1. The summed E-state index contributed by atoms with van der Waals surface area (Å²) < 4.78 is 20.9. The number of aliphatic hydroxyl groups excluding tert-OH is 1. The third-order valence-electron chi connectivity index (χ3n) is 7.33. The van der Waals surface area contributed by atoms with Crippen molar-refractivity contribution in [3.8, 4) is 0 Å². The van der Waals surface area contributed by atoms with Gasteiger partial charge < -0.3 is 46.9 Å². The van der Waals surface area contributed by atoms with E-state index in [0.717, 1.165) is 14.0 Å². The molecule has 7 atom stereocenters. The zero-order chi connectivity index (χ0) is 35.5. The van der Waals surface area contributed by atoms with Crippen LogP contribution in [0, 0.1) is 5.92 Å². The van der Waals surface area contributed by atoms with Crippen LogP contribution in [0.4, 0.5) is 0 Å². The molecule has 1 aliphatic heterocycles. The first-order chi connectivity index (χ1) is 22.0. The highest BCUT2D eigenvalue weighted by Gasteiger charge is 2.37. The van der Waals surface area contributed by atoms with E-state index in [1.54, 1.807) is 0 Å². The Hall–Kier alpha value is -3.90. The van der Waals surface area contributed by atoms with E-state index in [0.29, 0.717) is 25.1 Å². The summed E-state index contributed by atoms with van der Waals surface area (Å²) in [5.41, 5.74) is 5.75. The summed E-state index contributed by atoms with van der Waals surface area (Å²) in [6.07, 6.45) is 2.42. The Labute approximate surface area is 271 Å². The van der Waals surface area contributed by atoms with Crippen LogP contribution in [0.2, 0.25) is 0 Å². The van der Waals surface area contributed by atoms with Gasteiger partial charge >= 0.3 is 7.82 Å². The number of nitrogens with two attached hydrogens (primary N) is 1. The highest BCUT2D eigenvalue weighted by molar-refractivity contribution is 7.47. The normalized spacial score (nSPS) is 19.1. The van der Waals surface area contributed by atoms with Crippen LogP contribution in [-0.2, 0) is 48.8 Å². The maximum atomic E-state index is 13.6. The van der Waals surface area contributed by atoms with Crippen molar-refractivity contribution < 1.29 is 52.4 Å². The van der Waals surface area contributed by atoms with E-state index in [-0.39, 0.29) is 24.7 Å². The fourth-order valence-electron chi connectivity index (χ4n) is 4.94. The summed E-state index contributed by atoms with van der Waals surface area (Å²) in [7, 11) is -3.70. The average Bonchev–Trinajstić information content (AvgIpc) is 3.69. The molecule has 2 heterocycles. The molecule has 0 spiro atoms. The number of rotatable bonds is 18. The number of phosphoric acid groups is 1. The molecule has 2 rings (SSSR count). The second kappa shape index (κ2) is 17.9. The van der Waals surface area contributed by atoms with Crippen LogP contribution in [0.5, 0.6) is 0 Å². The molecular formula is C27H45N8O11P. The first kappa shape index (κ1) is 39.3. The molecule has 1 saturated heterocycles. The number of H-pyrrole nitrogens is 1. The van der Waals surface area contributed by atoms with Gasteiger partial charge in [-0.3, -0.25) is 37.8 Å². The number of aromatic nitrogens is 2. The highest BCUT2D eigenvalue weighted by atomic mass is 31.2. The number of primary amides is 1. The predicted octanol–water partition coefficient (Wildman–Crippen LogP) is -2.42. The van der Waals surface area contributed by atoms with Crippen LogP contribution >= 0.6 is 7.82 Å². The molecule has 264 valence electrons. The van der Waals surface area contributed by atoms with Gasteiger partial charge in [0.25, 0.3) is 0 Å². The van der Waals surface area contributed by atoms with E-state index in [2.05, 4.69) is 35.8 Å². The molecular weight excluding hydrogens is 643 g/mol. The summed E-state index contributed by atoms with van der Waals surface area (Å²) in [6, 6.07) is -6.53. The van der Waals surface area contributed by atoms with Crippen LogP contribution in [0.1, 0.15) is 52.7 Å². The molecule has 1 aromatic heterocycles. The minimum absolute atomic E-state index is 0.0610. The molecule has 6 amide bonds. The first-order valence-electron chi connectivity index (χ1n) is 14.9. The second-order valence-corrected chi connectivity index (χ2v) is 13.0. The summed E-state index contributed by atoms with van der Waals surface area (Å²) in [5, 5.41) is 19.7. The van der Waals surface area contributed by atoms with Gasteiger partial charge in [-0.15, -0.1) is 0 Å². The Kier molecular flexibility index (Phi) is 14.9. The van der Waals surface area contributed by atoms with Gasteiger partial charge in [0.1, 0.15) is 30.2 Å². The second-order valence-electron chi connectivity index (χ2n) is 11.5. The Balaban J connectivity index is 2.23. The Bertz CT molecular complexity index is 1310. The van der Waals surface area contributed by atoms with Crippen molar-refractivity contribution in [3.05, 3.63) is 18.2 Å². The van der Waals surface area contributed by atoms with E-state index in [1.807, 2.05) is 13.8 Å². The first-order valence-corrected chi connectivity index (χ1v) is 16.4. The third kappa shape index (κ3) is 12.0. The molecule has 0 aromatic carbocycles. The minimum atomic E-state index is -4.59. The van der Waals surface area contributed by atoms with Gasteiger partial charge in [0.2, 0.25) is 35.4 Å². The number of nitrogens with zero attached hydrogens (tertiary/aromatic N) is 2. The molecule has 0 saturated carbocycles. The molecule has 19 nitrogen and oxygen atoms in total. The molecule has 20 heteroatoms. The molecule has 7 unspecified atom stereocenters. The number of phosphoric ester groups is 1. The monoisotopic (exact) mass is 688 g/mol. The lowest BCUT2D eigenvalue weighted by Crippen LogP contribution is -2.61. The van der Waals surface area contributed by atoms with Gasteiger partial charge in [0.15, 0.2) is 0 Å². The van der Waals surface area contributed by atoms with Gasteiger partial charge in [-0.2, -0.15) is 0 Å². The number of aromatic amines is 1. The van der Waals surface area contributed by atoms with Crippen LogP contribution in [0.3, 0.4) is 0 Å². The molecule has 0 aliphatic carbocycles. The summed E-state index contributed by atoms with van der Waals surface area (Å²) in [5.74, 6) is -4.72. The smallest absolute Gasteiger partial charge is 0.394 e. The van der Waals surface area contributed by atoms with Crippen molar-refractivity contribution >= 4 is 43.3 Å². The number of hydrogen-bond acceptors (Lipinski definition) is 11. The molecule has 1 aromatic rings. The zero-order valence-corrected chi connectivity index (χ0v) is 27.8. The van der Waals surface area contributed by atoms with Crippen molar-refractivity contribution in [1.29, 1.82) is 0 Å². The average molecular weight is 689 g/mol. The fraction of sp³-hybridized carbons (Fsp3) is 0.667. The zero-order valence-electron chi connectivity index (χ0n) is 26.9. The fourth-order valence-corrected chi connectivity index (χ4v) is 5.57. The highest BCUT2D eigenvalue weighted by Crippen LogP contribution is 2.43. The van der Waals surface area contributed by atoms with Crippen molar-refractivity contribution in [2.75, 3.05) is 20.3 Å². The Morgan fingerprint density at radius 2 is 1.68 bits per heavy atom. The van der Waals surface area contributed by atoms with Crippen LogP contribution in [0.15, 0.2) is 12.5 Å². The maximum Gasteiger partial charge on any atom is 0.472 e. The lowest BCUT2D eigenvalue weighted by Gasteiger charge is -2.28. The molecule has 1 fully saturated rings. The van der Waals surface area contributed by atoms with E-state index < -0.39 is 80.3 Å². The number of imidazole rings is 1. The van der Waals surface area contributed by atoms with E-state index in [1.165, 1.54) is 24.3 Å². The molecule has 47 heavy (non-hydrogen) atoms. The number of carbonyl (C=O) groups is 6. The summed E-state index contributed by atoms with van der Waals surface area (Å²) in [4.78, 5) is 94.9. The number of carbonyl (C=O) groups excluding carboxylic acids is 6. The Morgan fingerprint density at radius 1 is 1.06 bits per heavy atom. The Morgan fingerprint density at radius 3 is 2.21 bits per heavy atom. The topological polar surface area (TPSA) is 284 Å². The van der Waals surface area contributed by atoms with E-state index in [4.69, 9.17) is 10.3 Å². The van der Waals surface area contributed by atoms with Crippen molar-refractivity contribution in [3.63, 3.8) is 0 Å². The van der Waals surface area contributed by atoms with Gasteiger partial charge in [-0.1, -0.05) is 13.8 Å². The van der Waals surface area contributed by atoms with Gasteiger partial charge in [-0.25, -0.2) is 9.55 Å².